The molecule has 0 aromatic heterocycles. The van der Waals surface area contributed by atoms with Gasteiger partial charge in [0.25, 0.3) is 0 Å². The van der Waals surface area contributed by atoms with Crippen LogP contribution in [0.3, 0.4) is 0 Å². The van der Waals surface area contributed by atoms with Crippen LogP contribution in [0.4, 0.5) is 0 Å². The molecule has 5 nitrogen and oxygen atoms in total. The predicted octanol–water partition coefficient (Wildman–Crippen LogP) is 18.8. The second-order valence-electron chi connectivity index (χ2n) is 17.7. The Morgan fingerprint density at radius 3 is 1.11 bits per heavy atom. The Morgan fingerprint density at radius 1 is 0.348 bits per heavy atom. The van der Waals surface area contributed by atoms with Crippen molar-refractivity contribution in [3.05, 3.63) is 109 Å². The van der Waals surface area contributed by atoms with Gasteiger partial charge in [-0.2, -0.15) is 0 Å². The molecule has 0 amide bonds. The summed E-state index contributed by atoms with van der Waals surface area (Å²) in [6.07, 6.45) is 76.7. The summed E-state index contributed by atoms with van der Waals surface area (Å²) in [5.74, 6) is -0.444. The van der Waals surface area contributed by atoms with Crippen molar-refractivity contribution in [2.75, 3.05) is 19.8 Å². The van der Waals surface area contributed by atoms with Gasteiger partial charge in [-0.05, 0) is 122 Å². The number of unbranched alkanes of at least 4 members (excludes halogenated alkanes) is 20. The fourth-order valence-electron chi connectivity index (χ4n) is 7.25. The molecule has 0 spiro atoms. The third-order valence-electron chi connectivity index (χ3n) is 11.3. The Hall–Kier alpha value is -3.44. The maximum atomic E-state index is 12.8. The van der Waals surface area contributed by atoms with Gasteiger partial charge in [-0.3, -0.25) is 9.59 Å². The maximum Gasteiger partial charge on any atom is 0.306 e. The molecule has 0 bridgehead atoms. The highest BCUT2D eigenvalue weighted by molar-refractivity contribution is 5.70. The molecule has 0 rings (SSSR count). The number of carbonyl (C=O) groups is 2. The molecule has 0 aromatic rings. The smallest absolute Gasteiger partial charge is 0.306 e. The molecule has 1 atom stereocenters. The molecule has 0 N–H and O–H groups in total. The van der Waals surface area contributed by atoms with E-state index in [9.17, 15) is 9.59 Å². The molecular weight excluding hydrogens is 813 g/mol. The third-order valence-corrected chi connectivity index (χ3v) is 11.3. The van der Waals surface area contributed by atoms with Crippen molar-refractivity contribution in [3.8, 4) is 0 Å². The fourth-order valence-corrected chi connectivity index (χ4v) is 7.25. The monoisotopic (exact) mass is 915 g/mol. The number of hydrogen-bond acceptors (Lipinski definition) is 5. The molecular formula is C61H102O5. The molecule has 0 radical (unpaired) electrons. The summed E-state index contributed by atoms with van der Waals surface area (Å²) in [6.45, 7) is 7.51. The van der Waals surface area contributed by atoms with Crippen LogP contribution < -0.4 is 0 Å². The molecule has 0 aliphatic carbocycles. The second kappa shape index (κ2) is 55.9. The van der Waals surface area contributed by atoms with Gasteiger partial charge in [0.15, 0.2) is 6.10 Å². The van der Waals surface area contributed by atoms with Crippen LogP contribution in [0.2, 0.25) is 0 Å². The van der Waals surface area contributed by atoms with Gasteiger partial charge in [0, 0.05) is 19.4 Å². The Balaban J connectivity index is 4.38. The van der Waals surface area contributed by atoms with Crippen molar-refractivity contribution in [1.82, 2.24) is 0 Å². The Morgan fingerprint density at radius 2 is 0.682 bits per heavy atom. The normalized spacial score (nSPS) is 13.1. The number of ether oxygens (including phenoxy) is 3. The number of hydrogen-bond donors (Lipinski definition) is 0. The van der Waals surface area contributed by atoms with Crippen LogP contribution in [0.15, 0.2) is 109 Å². The molecule has 0 saturated heterocycles. The van der Waals surface area contributed by atoms with Crippen LogP contribution >= 0.6 is 0 Å². The van der Waals surface area contributed by atoms with E-state index < -0.39 is 6.10 Å². The van der Waals surface area contributed by atoms with Gasteiger partial charge in [-0.15, -0.1) is 0 Å². The zero-order valence-corrected chi connectivity index (χ0v) is 43.2. The summed E-state index contributed by atoms with van der Waals surface area (Å²) < 4.78 is 17.4. The first-order chi connectivity index (χ1) is 32.6. The molecule has 0 aromatic carbocycles. The van der Waals surface area contributed by atoms with Crippen molar-refractivity contribution in [2.45, 2.75) is 245 Å². The highest BCUT2D eigenvalue weighted by Crippen LogP contribution is 2.13. The average Bonchev–Trinajstić information content (AvgIpc) is 3.32. The van der Waals surface area contributed by atoms with Crippen LogP contribution in [0.1, 0.15) is 239 Å². The van der Waals surface area contributed by atoms with Crippen LogP contribution in [-0.4, -0.2) is 37.9 Å². The van der Waals surface area contributed by atoms with Crippen molar-refractivity contribution < 1.29 is 23.8 Å². The summed E-state index contributed by atoms with van der Waals surface area (Å²) in [4.78, 5) is 25.5. The van der Waals surface area contributed by atoms with Gasteiger partial charge in [-0.1, -0.05) is 214 Å². The SMILES string of the molecule is CC/C=C\C/C=C\C/C=C\C/C=C\C/C=C\CCCCCCOCC(COC(=O)CCCCCCC/C=C\C/C=C\C/C=C\CC)OC(=O)CCCCCCC/C=C\CCCCCCCC. The molecule has 0 aliphatic rings. The minimum atomic E-state index is -0.568. The van der Waals surface area contributed by atoms with Crippen LogP contribution in [0.5, 0.6) is 0 Å². The van der Waals surface area contributed by atoms with Gasteiger partial charge >= 0.3 is 11.9 Å². The van der Waals surface area contributed by atoms with E-state index in [2.05, 4.69) is 130 Å². The lowest BCUT2D eigenvalue weighted by Gasteiger charge is -2.18. The molecule has 5 heteroatoms. The van der Waals surface area contributed by atoms with E-state index in [1.165, 1.54) is 77.0 Å². The first-order valence-electron chi connectivity index (χ1n) is 27.4. The molecule has 0 heterocycles. The van der Waals surface area contributed by atoms with E-state index in [4.69, 9.17) is 14.2 Å². The predicted molar refractivity (Wildman–Crippen MR) is 288 cm³/mol. The lowest BCUT2D eigenvalue weighted by Crippen LogP contribution is -2.30. The largest absolute Gasteiger partial charge is 0.462 e. The summed E-state index contributed by atoms with van der Waals surface area (Å²) in [6, 6.07) is 0. The topological polar surface area (TPSA) is 61.8 Å². The highest BCUT2D eigenvalue weighted by Gasteiger charge is 2.17. The van der Waals surface area contributed by atoms with Gasteiger partial charge in [0.1, 0.15) is 6.61 Å². The zero-order chi connectivity index (χ0) is 47.7. The highest BCUT2D eigenvalue weighted by atomic mass is 16.6. The molecule has 376 valence electrons. The molecule has 66 heavy (non-hydrogen) atoms. The molecule has 0 saturated carbocycles. The third kappa shape index (κ3) is 53.2. The molecule has 0 fully saturated rings. The fraction of sp³-hybridized carbons (Fsp3) is 0.672. The number of carbonyl (C=O) groups excluding carboxylic acids is 2. The van der Waals surface area contributed by atoms with Gasteiger partial charge in [-0.25, -0.2) is 0 Å². The molecule has 0 aliphatic heterocycles. The molecule has 1 unspecified atom stereocenters. The van der Waals surface area contributed by atoms with E-state index in [1.54, 1.807) is 0 Å². The Kier molecular flexibility index (Phi) is 53.0. The van der Waals surface area contributed by atoms with Crippen molar-refractivity contribution in [3.63, 3.8) is 0 Å². The standard InChI is InChI=1S/C61H102O5/c1-4-7-10-13-16-19-22-25-28-29-30-31-32-35-38-41-44-47-50-53-56-64-57-59(66-61(63)55-52-49-46-43-40-37-34-27-24-21-18-15-12-9-6-3)58-65-60(62)54-51-48-45-42-39-36-33-26-23-20-17-14-11-8-5-2/h7-8,10-11,16-17,19-20,25-28,30-31,33-35,38,59H,4-6,9,12-15,18,21-24,29,32,36-37,39-58H2,1-3H3/b10-7-,11-8-,19-16-,20-17-,28-25-,31-30-,33-26-,34-27-,38-35-. The van der Waals surface area contributed by atoms with Crippen molar-refractivity contribution in [2.24, 2.45) is 0 Å². The Bertz CT molecular complexity index is 1310. The van der Waals surface area contributed by atoms with Crippen LogP contribution in [-0.2, 0) is 23.8 Å². The van der Waals surface area contributed by atoms with Gasteiger partial charge in [0.05, 0.1) is 6.61 Å². The maximum absolute atomic E-state index is 12.8. The van der Waals surface area contributed by atoms with E-state index in [-0.39, 0.29) is 25.2 Å². The van der Waals surface area contributed by atoms with Crippen LogP contribution in [0, 0.1) is 0 Å². The van der Waals surface area contributed by atoms with E-state index in [0.29, 0.717) is 19.4 Å². The first-order valence-corrected chi connectivity index (χ1v) is 27.4. The van der Waals surface area contributed by atoms with E-state index in [0.717, 1.165) is 128 Å². The zero-order valence-electron chi connectivity index (χ0n) is 43.2. The number of rotatable bonds is 49. The summed E-state index contributed by atoms with van der Waals surface area (Å²) in [5.41, 5.74) is 0. The summed E-state index contributed by atoms with van der Waals surface area (Å²) in [7, 11) is 0. The number of esters is 2. The van der Waals surface area contributed by atoms with E-state index >= 15 is 0 Å². The first kappa shape index (κ1) is 62.6. The summed E-state index contributed by atoms with van der Waals surface area (Å²) in [5, 5.41) is 0. The van der Waals surface area contributed by atoms with Gasteiger partial charge in [0.2, 0.25) is 0 Å². The lowest BCUT2D eigenvalue weighted by atomic mass is 10.1. The quantitative estimate of drug-likeness (QED) is 0.0346. The average molecular weight is 915 g/mol. The van der Waals surface area contributed by atoms with Crippen molar-refractivity contribution in [1.29, 1.82) is 0 Å². The van der Waals surface area contributed by atoms with Crippen molar-refractivity contribution >= 4 is 11.9 Å². The van der Waals surface area contributed by atoms with Crippen LogP contribution in [0.25, 0.3) is 0 Å². The second-order valence-corrected chi connectivity index (χ2v) is 17.7. The van der Waals surface area contributed by atoms with Gasteiger partial charge < -0.3 is 14.2 Å². The minimum absolute atomic E-state index is 0.0567. The minimum Gasteiger partial charge on any atom is -0.462 e. The van der Waals surface area contributed by atoms with E-state index in [1.807, 2.05) is 0 Å². The Labute approximate surface area is 408 Å². The summed E-state index contributed by atoms with van der Waals surface area (Å²) >= 11 is 0. The number of allylic oxidation sites excluding steroid dienone is 18. The lowest BCUT2D eigenvalue weighted by molar-refractivity contribution is -0.163.